The topological polar surface area (TPSA) is 18.5 Å². The molecule has 0 unspecified atom stereocenters. The summed E-state index contributed by atoms with van der Waals surface area (Å²) in [7, 11) is 1.70. The van der Waals surface area contributed by atoms with Crippen LogP contribution < -0.4 is 4.74 Å². The van der Waals surface area contributed by atoms with Crippen LogP contribution in [0.3, 0.4) is 0 Å². The second-order valence-electron chi connectivity index (χ2n) is 3.70. The standard InChI is InChI=1S/C12H18O2/c1-9(2)14-12-7-11(8-13-4)6-5-10(12)3/h5-7,9H,8H2,1-4H3. The molecule has 0 N–H and O–H groups in total. The van der Waals surface area contributed by atoms with Crippen molar-refractivity contribution < 1.29 is 9.47 Å². The third-order valence-electron chi connectivity index (χ3n) is 1.93. The van der Waals surface area contributed by atoms with Crippen LogP contribution in [0.5, 0.6) is 5.75 Å². The highest BCUT2D eigenvalue weighted by Gasteiger charge is 2.03. The Kier molecular flexibility index (Phi) is 3.96. The Morgan fingerprint density at radius 1 is 1.29 bits per heavy atom. The van der Waals surface area contributed by atoms with E-state index in [0.29, 0.717) is 6.61 Å². The third-order valence-corrected chi connectivity index (χ3v) is 1.93. The molecule has 0 aliphatic carbocycles. The van der Waals surface area contributed by atoms with Crippen molar-refractivity contribution in [3.63, 3.8) is 0 Å². The molecule has 1 aromatic carbocycles. The minimum Gasteiger partial charge on any atom is -0.491 e. The highest BCUT2D eigenvalue weighted by atomic mass is 16.5. The minimum absolute atomic E-state index is 0.214. The van der Waals surface area contributed by atoms with Gasteiger partial charge in [-0.05, 0) is 38.0 Å². The predicted octanol–water partition coefficient (Wildman–Crippen LogP) is 2.93. The molecular formula is C12H18O2. The maximum Gasteiger partial charge on any atom is 0.122 e. The fourth-order valence-corrected chi connectivity index (χ4v) is 1.28. The average molecular weight is 194 g/mol. The van der Waals surface area contributed by atoms with Crippen LogP contribution in [0.1, 0.15) is 25.0 Å². The van der Waals surface area contributed by atoms with E-state index in [0.717, 1.165) is 11.3 Å². The molecule has 0 saturated heterocycles. The van der Waals surface area contributed by atoms with Crippen molar-refractivity contribution in [1.82, 2.24) is 0 Å². The van der Waals surface area contributed by atoms with Crippen LogP contribution in [0.15, 0.2) is 18.2 Å². The van der Waals surface area contributed by atoms with Crippen molar-refractivity contribution in [2.75, 3.05) is 7.11 Å². The van der Waals surface area contributed by atoms with Crippen molar-refractivity contribution in [3.05, 3.63) is 29.3 Å². The Bertz CT molecular complexity index is 292. The molecule has 0 radical (unpaired) electrons. The Hall–Kier alpha value is -1.02. The molecule has 0 bridgehead atoms. The molecule has 0 amide bonds. The maximum absolute atomic E-state index is 5.68. The van der Waals surface area contributed by atoms with Crippen molar-refractivity contribution in [1.29, 1.82) is 0 Å². The van der Waals surface area contributed by atoms with Crippen molar-refractivity contribution in [2.24, 2.45) is 0 Å². The van der Waals surface area contributed by atoms with E-state index in [1.54, 1.807) is 7.11 Å². The van der Waals surface area contributed by atoms with E-state index >= 15 is 0 Å². The smallest absolute Gasteiger partial charge is 0.122 e. The molecule has 0 saturated carbocycles. The Labute approximate surface area is 85.8 Å². The van der Waals surface area contributed by atoms with Crippen LogP contribution in [0.2, 0.25) is 0 Å². The first-order valence-electron chi connectivity index (χ1n) is 4.88. The van der Waals surface area contributed by atoms with Crippen LogP contribution in [-0.4, -0.2) is 13.2 Å². The molecule has 0 aliphatic rings. The molecule has 1 rings (SSSR count). The summed E-state index contributed by atoms with van der Waals surface area (Å²) in [5.74, 6) is 0.953. The number of hydrogen-bond donors (Lipinski definition) is 0. The summed E-state index contributed by atoms with van der Waals surface area (Å²) in [5, 5.41) is 0. The second-order valence-corrected chi connectivity index (χ2v) is 3.70. The fraction of sp³-hybridized carbons (Fsp3) is 0.500. The summed E-state index contributed by atoms with van der Waals surface area (Å²) in [6.45, 7) is 6.74. The van der Waals surface area contributed by atoms with E-state index in [4.69, 9.17) is 9.47 Å². The molecule has 0 heterocycles. The Morgan fingerprint density at radius 2 is 2.00 bits per heavy atom. The summed E-state index contributed by atoms with van der Waals surface area (Å²) in [4.78, 5) is 0. The van der Waals surface area contributed by atoms with E-state index < -0.39 is 0 Å². The van der Waals surface area contributed by atoms with E-state index in [1.165, 1.54) is 5.56 Å². The van der Waals surface area contributed by atoms with Gasteiger partial charge in [0.1, 0.15) is 5.75 Å². The van der Waals surface area contributed by atoms with E-state index in [9.17, 15) is 0 Å². The van der Waals surface area contributed by atoms with Gasteiger partial charge in [-0.15, -0.1) is 0 Å². The lowest BCUT2D eigenvalue weighted by Gasteiger charge is -2.13. The normalized spacial score (nSPS) is 10.6. The number of aryl methyl sites for hydroxylation is 1. The molecule has 0 aliphatic heterocycles. The summed E-state index contributed by atoms with van der Waals surface area (Å²) in [5.41, 5.74) is 2.31. The largest absolute Gasteiger partial charge is 0.491 e. The summed E-state index contributed by atoms with van der Waals surface area (Å²) < 4.78 is 10.7. The zero-order valence-electron chi connectivity index (χ0n) is 9.33. The van der Waals surface area contributed by atoms with E-state index in [1.807, 2.05) is 26.8 Å². The molecule has 78 valence electrons. The number of benzene rings is 1. The Balaban J connectivity index is 2.84. The molecule has 0 fully saturated rings. The van der Waals surface area contributed by atoms with Gasteiger partial charge in [0.2, 0.25) is 0 Å². The quantitative estimate of drug-likeness (QED) is 0.733. The number of ether oxygens (including phenoxy) is 2. The van der Waals surface area contributed by atoms with Crippen LogP contribution in [-0.2, 0) is 11.3 Å². The van der Waals surface area contributed by atoms with Crippen LogP contribution >= 0.6 is 0 Å². The van der Waals surface area contributed by atoms with Crippen molar-refractivity contribution in [2.45, 2.75) is 33.5 Å². The van der Waals surface area contributed by atoms with Gasteiger partial charge in [0.05, 0.1) is 12.7 Å². The van der Waals surface area contributed by atoms with Gasteiger partial charge in [-0.1, -0.05) is 12.1 Å². The molecular weight excluding hydrogens is 176 g/mol. The van der Waals surface area contributed by atoms with Crippen LogP contribution in [0.4, 0.5) is 0 Å². The fourth-order valence-electron chi connectivity index (χ4n) is 1.28. The molecule has 0 spiro atoms. The highest BCUT2D eigenvalue weighted by molar-refractivity contribution is 5.36. The van der Waals surface area contributed by atoms with Crippen molar-refractivity contribution in [3.8, 4) is 5.75 Å². The lowest BCUT2D eigenvalue weighted by atomic mass is 10.1. The molecule has 14 heavy (non-hydrogen) atoms. The van der Waals surface area contributed by atoms with E-state index in [-0.39, 0.29) is 6.10 Å². The van der Waals surface area contributed by atoms with Gasteiger partial charge < -0.3 is 9.47 Å². The highest BCUT2D eigenvalue weighted by Crippen LogP contribution is 2.21. The lowest BCUT2D eigenvalue weighted by molar-refractivity contribution is 0.184. The molecule has 2 nitrogen and oxygen atoms in total. The molecule has 1 aromatic rings. The van der Waals surface area contributed by atoms with Gasteiger partial charge in [-0.3, -0.25) is 0 Å². The van der Waals surface area contributed by atoms with Gasteiger partial charge in [0.25, 0.3) is 0 Å². The van der Waals surface area contributed by atoms with Gasteiger partial charge in [0, 0.05) is 7.11 Å². The summed E-state index contributed by atoms with van der Waals surface area (Å²) in [6, 6.07) is 6.16. The first-order valence-corrected chi connectivity index (χ1v) is 4.88. The summed E-state index contributed by atoms with van der Waals surface area (Å²) in [6.07, 6.45) is 0.214. The second kappa shape index (κ2) is 5.01. The number of hydrogen-bond acceptors (Lipinski definition) is 2. The summed E-state index contributed by atoms with van der Waals surface area (Å²) >= 11 is 0. The van der Waals surface area contributed by atoms with Crippen molar-refractivity contribution >= 4 is 0 Å². The average Bonchev–Trinajstić information content (AvgIpc) is 2.10. The maximum atomic E-state index is 5.68. The van der Waals surface area contributed by atoms with E-state index in [2.05, 4.69) is 12.1 Å². The first-order chi connectivity index (χ1) is 6.63. The zero-order chi connectivity index (χ0) is 10.6. The number of methoxy groups -OCH3 is 1. The van der Waals surface area contributed by atoms with Gasteiger partial charge in [0.15, 0.2) is 0 Å². The van der Waals surface area contributed by atoms with Gasteiger partial charge in [-0.2, -0.15) is 0 Å². The molecule has 0 atom stereocenters. The zero-order valence-corrected chi connectivity index (χ0v) is 9.33. The third kappa shape index (κ3) is 3.04. The van der Waals surface area contributed by atoms with Crippen LogP contribution in [0, 0.1) is 6.92 Å². The van der Waals surface area contributed by atoms with Gasteiger partial charge in [-0.25, -0.2) is 0 Å². The monoisotopic (exact) mass is 194 g/mol. The van der Waals surface area contributed by atoms with Crippen LogP contribution in [0.25, 0.3) is 0 Å². The molecule has 2 heteroatoms. The first kappa shape index (κ1) is 11.1. The van der Waals surface area contributed by atoms with Gasteiger partial charge >= 0.3 is 0 Å². The SMILES string of the molecule is COCc1ccc(C)c(OC(C)C)c1. The number of rotatable bonds is 4. The minimum atomic E-state index is 0.214. The lowest BCUT2D eigenvalue weighted by Crippen LogP contribution is -2.07. The predicted molar refractivity (Wildman–Crippen MR) is 57.7 cm³/mol. The molecule has 0 aromatic heterocycles. The Morgan fingerprint density at radius 3 is 2.57 bits per heavy atom.